The third-order valence-corrected chi connectivity index (χ3v) is 7.90. The van der Waals surface area contributed by atoms with E-state index < -0.39 is 0 Å². The Morgan fingerprint density at radius 3 is 2.47 bits per heavy atom. The summed E-state index contributed by atoms with van der Waals surface area (Å²) in [7, 11) is 0. The van der Waals surface area contributed by atoms with Gasteiger partial charge in [-0.2, -0.15) is 5.10 Å². The fourth-order valence-electron chi connectivity index (χ4n) is 4.40. The number of β-amino-alcohol motifs (C(OH)–C–C–N with tert-alkyl or cyclic N) is 1. The largest absolute Gasteiger partial charge is 0.395 e. The molecule has 0 radical (unpaired) electrons. The average molecular weight is 534 g/mol. The predicted molar refractivity (Wildman–Crippen MR) is 153 cm³/mol. The molecule has 1 saturated heterocycles. The number of rotatable bonds is 9. The molecule has 2 aromatic carbocycles. The fourth-order valence-corrected chi connectivity index (χ4v) is 5.29. The lowest BCUT2D eigenvalue weighted by Crippen LogP contribution is -2.46. The van der Waals surface area contributed by atoms with E-state index in [0.29, 0.717) is 22.7 Å². The van der Waals surface area contributed by atoms with Crippen molar-refractivity contribution in [2.45, 2.75) is 27.3 Å². The monoisotopic (exact) mass is 533 g/mol. The van der Waals surface area contributed by atoms with Crippen LogP contribution in [0.15, 0.2) is 52.9 Å². The number of aryl methyl sites for hydroxylation is 3. The number of aliphatic hydroxyl groups is 1. The van der Waals surface area contributed by atoms with Crippen molar-refractivity contribution in [2.75, 3.05) is 44.6 Å². The molecule has 0 aliphatic carbocycles. The molecule has 4 rings (SSSR count). The molecule has 0 spiro atoms. The molecule has 1 fully saturated rings. The third-order valence-electron chi connectivity index (χ3n) is 6.81. The summed E-state index contributed by atoms with van der Waals surface area (Å²) >= 11 is 1.28. The molecule has 1 aromatic heterocycles. The zero-order chi connectivity index (χ0) is 27.1. The number of piperazine rings is 1. The van der Waals surface area contributed by atoms with Crippen LogP contribution in [0.25, 0.3) is 0 Å². The van der Waals surface area contributed by atoms with E-state index in [-0.39, 0.29) is 18.4 Å². The van der Waals surface area contributed by atoms with Crippen molar-refractivity contribution in [3.05, 3.63) is 86.1 Å². The van der Waals surface area contributed by atoms with Gasteiger partial charge in [0.1, 0.15) is 4.88 Å². The van der Waals surface area contributed by atoms with E-state index in [9.17, 15) is 9.59 Å². The number of hydrogen-bond acceptors (Lipinski definition) is 7. The van der Waals surface area contributed by atoms with Crippen LogP contribution in [-0.2, 0) is 6.54 Å². The maximum Gasteiger partial charge on any atom is 0.283 e. The van der Waals surface area contributed by atoms with E-state index in [0.717, 1.165) is 55.0 Å². The van der Waals surface area contributed by atoms with Gasteiger partial charge in [-0.15, -0.1) is 11.3 Å². The van der Waals surface area contributed by atoms with Crippen LogP contribution in [0, 0.1) is 20.8 Å². The number of nitrogens with one attached hydrogen (secondary N) is 2. The number of amides is 2. The van der Waals surface area contributed by atoms with Gasteiger partial charge in [0, 0.05) is 44.8 Å². The highest BCUT2D eigenvalue weighted by molar-refractivity contribution is 7.13. The zero-order valence-electron chi connectivity index (χ0n) is 22.2. The lowest BCUT2D eigenvalue weighted by Gasteiger charge is -2.34. The van der Waals surface area contributed by atoms with E-state index in [4.69, 9.17) is 5.11 Å². The Bertz CT molecular complexity index is 1310. The molecule has 200 valence electrons. The lowest BCUT2D eigenvalue weighted by molar-refractivity contribution is 0.0960. The van der Waals surface area contributed by atoms with Crippen LogP contribution in [0.1, 0.15) is 47.8 Å². The number of anilines is 1. The lowest BCUT2D eigenvalue weighted by atomic mass is 10.1. The predicted octanol–water partition coefficient (Wildman–Crippen LogP) is 3.80. The van der Waals surface area contributed by atoms with Gasteiger partial charge in [0.05, 0.1) is 18.5 Å². The molecule has 38 heavy (non-hydrogen) atoms. The molecular formula is C29H35N5O3S. The maximum absolute atomic E-state index is 13.1. The molecule has 0 saturated carbocycles. The number of hydrazone groups is 1. The number of nitrogens with zero attached hydrogens (tertiary/aromatic N) is 3. The molecule has 8 nitrogen and oxygen atoms in total. The van der Waals surface area contributed by atoms with Gasteiger partial charge in [-0.1, -0.05) is 30.3 Å². The number of aliphatic hydroxyl groups excluding tert-OH is 1. The van der Waals surface area contributed by atoms with Crippen LogP contribution in [0.2, 0.25) is 0 Å². The van der Waals surface area contributed by atoms with E-state index >= 15 is 0 Å². The summed E-state index contributed by atoms with van der Waals surface area (Å²) in [5.41, 5.74) is 8.77. The number of carbonyl (C=O) groups is 2. The molecule has 2 heterocycles. The Kier molecular flexibility index (Phi) is 9.41. The molecule has 3 N–H and O–H groups in total. The van der Waals surface area contributed by atoms with Crippen LogP contribution in [-0.4, -0.2) is 72.3 Å². The Labute approximate surface area is 228 Å². The summed E-state index contributed by atoms with van der Waals surface area (Å²) in [5, 5.41) is 18.0. The highest BCUT2D eigenvalue weighted by Gasteiger charge is 2.20. The maximum atomic E-state index is 13.1. The van der Waals surface area contributed by atoms with Crippen molar-refractivity contribution in [3.63, 3.8) is 0 Å². The molecule has 1 aliphatic heterocycles. The Balaban J connectivity index is 1.38. The molecule has 1 aliphatic rings. The number of benzene rings is 2. The molecule has 0 unspecified atom stereocenters. The second-order valence-corrected chi connectivity index (χ2v) is 10.5. The topological polar surface area (TPSA) is 97.3 Å². The molecule has 2 amide bonds. The molecule has 3 aromatic rings. The minimum atomic E-state index is -0.368. The highest BCUT2D eigenvalue weighted by Crippen LogP contribution is 2.28. The van der Waals surface area contributed by atoms with E-state index in [1.54, 1.807) is 12.3 Å². The summed E-state index contributed by atoms with van der Waals surface area (Å²) in [6.07, 6.45) is 1.61. The first-order chi connectivity index (χ1) is 18.3. The fraction of sp³-hybridized carbons (Fsp3) is 0.345. The smallest absolute Gasteiger partial charge is 0.283 e. The van der Waals surface area contributed by atoms with Crippen molar-refractivity contribution in [3.8, 4) is 0 Å². The number of thiophene rings is 1. The van der Waals surface area contributed by atoms with Crippen molar-refractivity contribution >= 4 is 35.1 Å². The second kappa shape index (κ2) is 12.9. The number of hydrogen-bond donors (Lipinski definition) is 3. The molecule has 9 heteroatoms. The number of carbonyl (C=O) groups excluding carboxylic acids is 2. The molecular weight excluding hydrogens is 498 g/mol. The van der Waals surface area contributed by atoms with E-state index in [1.165, 1.54) is 16.9 Å². The standard InChI is InChI=1S/C29H35N5O3S/c1-20-7-8-23(15-21(20)2)17-30-32-29(37)27-26(22(3)19-38-27)31-28(36)25-6-4-5-24(16-25)18-34-11-9-33(10-12-34)13-14-35/h4-8,15-17,19,35H,9-14,18H2,1-3H3,(H,31,36)(H,32,37)/b30-17+. The minimum absolute atomic E-state index is 0.185. The van der Waals surface area contributed by atoms with Crippen molar-refractivity contribution < 1.29 is 14.7 Å². The van der Waals surface area contributed by atoms with Crippen LogP contribution >= 0.6 is 11.3 Å². The van der Waals surface area contributed by atoms with Crippen LogP contribution in [0.5, 0.6) is 0 Å². The van der Waals surface area contributed by atoms with Gasteiger partial charge in [-0.05, 0) is 66.1 Å². The van der Waals surface area contributed by atoms with Gasteiger partial charge in [0.25, 0.3) is 11.8 Å². The first kappa shape index (κ1) is 27.7. The first-order valence-corrected chi connectivity index (χ1v) is 13.7. The van der Waals surface area contributed by atoms with Crippen molar-refractivity contribution in [1.29, 1.82) is 0 Å². The summed E-state index contributed by atoms with van der Waals surface area (Å²) < 4.78 is 0. The minimum Gasteiger partial charge on any atom is -0.395 e. The summed E-state index contributed by atoms with van der Waals surface area (Å²) in [6.45, 7) is 11.3. The SMILES string of the molecule is Cc1ccc(/C=N/NC(=O)c2scc(C)c2NC(=O)c2cccc(CN3CCN(CCO)CC3)c2)cc1C. The van der Waals surface area contributed by atoms with Gasteiger partial charge in [-0.25, -0.2) is 5.43 Å². The first-order valence-electron chi connectivity index (χ1n) is 12.8. The average Bonchev–Trinajstić information content (AvgIpc) is 3.27. The van der Waals surface area contributed by atoms with Gasteiger partial charge >= 0.3 is 0 Å². The Hall–Kier alpha value is -3.37. The Morgan fingerprint density at radius 2 is 1.74 bits per heavy atom. The summed E-state index contributed by atoms with van der Waals surface area (Å²) in [6, 6.07) is 13.6. The normalized spacial score (nSPS) is 14.6. The summed E-state index contributed by atoms with van der Waals surface area (Å²) in [4.78, 5) is 31.0. The Morgan fingerprint density at radius 1 is 0.974 bits per heavy atom. The highest BCUT2D eigenvalue weighted by atomic mass is 32.1. The van der Waals surface area contributed by atoms with Gasteiger partial charge in [0.2, 0.25) is 0 Å². The van der Waals surface area contributed by atoms with Gasteiger partial charge in [0.15, 0.2) is 0 Å². The van der Waals surface area contributed by atoms with Gasteiger partial charge < -0.3 is 10.4 Å². The van der Waals surface area contributed by atoms with E-state index in [1.807, 2.05) is 62.5 Å². The second-order valence-electron chi connectivity index (χ2n) is 9.66. The molecule has 0 atom stereocenters. The van der Waals surface area contributed by atoms with Gasteiger partial charge in [-0.3, -0.25) is 19.4 Å². The summed E-state index contributed by atoms with van der Waals surface area (Å²) in [5.74, 6) is -0.624. The van der Waals surface area contributed by atoms with Crippen molar-refractivity contribution in [1.82, 2.24) is 15.2 Å². The van der Waals surface area contributed by atoms with Crippen LogP contribution in [0.3, 0.4) is 0 Å². The van der Waals surface area contributed by atoms with Crippen LogP contribution < -0.4 is 10.7 Å². The van der Waals surface area contributed by atoms with Crippen LogP contribution in [0.4, 0.5) is 5.69 Å². The zero-order valence-corrected chi connectivity index (χ0v) is 23.0. The molecule has 0 bridgehead atoms. The quantitative estimate of drug-likeness (QED) is 0.287. The van der Waals surface area contributed by atoms with Crippen molar-refractivity contribution in [2.24, 2.45) is 5.10 Å². The van der Waals surface area contributed by atoms with E-state index in [2.05, 4.69) is 25.6 Å². The third kappa shape index (κ3) is 7.14.